The van der Waals surface area contributed by atoms with E-state index >= 15 is 0 Å². The third-order valence-electron chi connectivity index (χ3n) is 6.22. The first-order chi connectivity index (χ1) is 13.8. The Kier molecular flexibility index (Phi) is 6.88. The van der Waals surface area contributed by atoms with Crippen LogP contribution in [0.3, 0.4) is 0 Å². The van der Waals surface area contributed by atoms with Crippen LogP contribution < -0.4 is 5.32 Å². The summed E-state index contributed by atoms with van der Waals surface area (Å²) in [5, 5.41) is 33.9. The molecule has 1 amide bonds. The monoisotopic (exact) mass is 409 g/mol. The molecular weight excluding hydrogens is 378 g/mol. The predicted molar refractivity (Wildman–Crippen MR) is 103 cm³/mol. The molecule has 0 aromatic carbocycles. The first-order valence-corrected chi connectivity index (χ1v) is 10.6. The lowest BCUT2D eigenvalue weighted by molar-refractivity contribution is -0.171. The van der Waals surface area contributed by atoms with Crippen molar-refractivity contribution in [1.29, 1.82) is 0 Å². The lowest BCUT2D eigenvalue weighted by atomic mass is 9.64. The SMILES string of the molecule is CCCCCC(=O)CCCC=CC(=O)N[C@H]1C[C@@]2(O)C(=O)[C@H]([C@H](O)[C@@H]3O[C@@H]32)[C@H]1O. The van der Waals surface area contributed by atoms with E-state index in [1.54, 1.807) is 6.08 Å². The molecule has 2 bridgehead atoms. The lowest BCUT2D eigenvalue weighted by Gasteiger charge is -2.46. The van der Waals surface area contributed by atoms with Crippen LogP contribution in [-0.2, 0) is 19.1 Å². The number of carbonyl (C=O) groups is 3. The molecule has 2 aliphatic carbocycles. The lowest BCUT2D eigenvalue weighted by Crippen LogP contribution is -2.69. The number of amides is 1. The topological polar surface area (TPSA) is 136 Å². The van der Waals surface area contributed by atoms with Crippen LogP contribution in [0, 0.1) is 5.92 Å². The Balaban J connectivity index is 1.44. The van der Waals surface area contributed by atoms with Crippen molar-refractivity contribution in [3.8, 4) is 0 Å². The van der Waals surface area contributed by atoms with Crippen molar-refractivity contribution in [3.63, 3.8) is 0 Å². The van der Waals surface area contributed by atoms with Gasteiger partial charge in [0.15, 0.2) is 11.4 Å². The number of hydrogen-bond acceptors (Lipinski definition) is 7. The highest BCUT2D eigenvalue weighted by Gasteiger charge is 2.72. The van der Waals surface area contributed by atoms with Gasteiger partial charge in [-0.3, -0.25) is 14.4 Å². The maximum Gasteiger partial charge on any atom is 0.243 e. The molecule has 8 nitrogen and oxygen atoms in total. The smallest absolute Gasteiger partial charge is 0.243 e. The third kappa shape index (κ3) is 4.60. The van der Waals surface area contributed by atoms with E-state index in [0.717, 1.165) is 19.3 Å². The largest absolute Gasteiger partial charge is 0.390 e. The zero-order valence-corrected chi connectivity index (χ0v) is 16.8. The van der Waals surface area contributed by atoms with E-state index in [4.69, 9.17) is 4.74 Å². The maximum atomic E-state index is 12.4. The number of allylic oxidation sites excluding steroid dienone is 1. The Morgan fingerprint density at radius 2 is 1.93 bits per heavy atom. The maximum absolute atomic E-state index is 12.4. The Labute approximate surface area is 170 Å². The number of unbranched alkanes of at least 4 members (excludes halogenated alkanes) is 3. The van der Waals surface area contributed by atoms with E-state index in [-0.39, 0.29) is 12.2 Å². The Morgan fingerprint density at radius 3 is 2.66 bits per heavy atom. The van der Waals surface area contributed by atoms with Crippen molar-refractivity contribution >= 4 is 17.5 Å². The predicted octanol–water partition coefficient (Wildman–Crippen LogP) is 0.170. The van der Waals surface area contributed by atoms with Crippen LogP contribution in [0.5, 0.6) is 0 Å². The van der Waals surface area contributed by atoms with Gasteiger partial charge in [0.1, 0.15) is 18.0 Å². The van der Waals surface area contributed by atoms with Crippen LogP contribution in [0.15, 0.2) is 12.2 Å². The number of hydrogen-bond donors (Lipinski definition) is 4. The number of aliphatic hydroxyl groups excluding tert-OH is 2. The number of ketones is 2. The second kappa shape index (κ2) is 9.04. The summed E-state index contributed by atoms with van der Waals surface area (Å²) in [5.74, 6) is -2.02. The van der Waals surface area contributed by atoms with Gasteiger partial charge in [0.25, 0.3) is 0 Å². The van der Waals surface area contributed by atoms with Crippen LogP contribution in [-0.4, -0.2) is 68.9 Å². The summed E-state index contributed by atoms with van der Waals surface area (Å²) >= 11 is 0. The number of rotatable bonds is 10. The summed E-state index contributed by atoms with van der Waals surface area (Å²) in [6.45, 7) is 2.09. The minimum Gasteiger partial charge on any atom is -0.390 e. The van der Waals surface area contributed by atoms with Crippen LogP contribution in [0.1, 0.15) is 58.3 Å². The molecule has 3 aliphatic rings. The standard InChI is InChI=1S/C21H31NO7/c1-2-3-5-8-12(23)9-6-4-7-10-14(24)22-13-11-21(28)19(27)15(16(13)25)17(26)18-20(21)29-18/h7,10,13,15-18,20,25-26,28H,2-6,8-9,11H2,1H3,(H,22,24)/t13-,15-,16-,17-,18-,20-,21+/m0/s1. The molecule has 0 radical (unpaired) electrons. The van der Waals surface area contributed by atoms with Gasteiger partial charge in [0.2, 0.25) is 5.91 Å². The van der Waals surface area contributed by atoms with Gasteiger partial charge in [0.05, 0.1) is 24.2 Å². The molecule has 2 saturated carbocycles. The van der Waals surface area contributed by atoms with E-state index in [9.17, 15) is 29.7 Å². The van der Waals surface area contributed by atoms with Crippen molar-refractivity contribution in [2.45, 2.75) is 94.3 Å². The summed E-state index contributed by atoms with van der Waals surface area (Å²) < 4.78 is 5.23. The molecule has 0 aromatic heterocycles. The molecule has 1 saturated heterocycles. The molecule has 0 spiro atoms. The molecule has 162 valence electrons. The second-order valence-electron chi connectivity index (χ2n) is 8.43. The number of aliphatic hydroxyl groups is 3. The van der Waals surface area contributed by atoms with Crippen LogP contribution in [0.4, 0.5) is 0 Å². The number of carbonyl (C=O) groups excluding carboxylic acids is 3. The van der Waals surface area contributed by atoms with E-state index in [1.165, 1.54) is 6.08 Å². The second-order valence-corrected chi connectivity index (χ2v) is 8.43. The first-order valence-electron chi connectivity index (χ1n) is 10.6. The number of nitrogens with one attached hydrogen (secondary N) is 1. The summed E-state index contributed by atoms with van der Waals surface area (Å²) in [4.78, 5) is 36.3. The highest BCUT2D eigenvalue weighted by atomic mass is 16.6. The fourth-order valence-electron chi connectivity index (χ4n) is 4.51. The Morgan fingerprint density at radius 1 is 1.21 bits per heavy atom. The van der Waals surface area contributed by atoms with Gasteiger partial charge < -0.3 is 25.4 Å². The summed E-state index contributed by atoms with van der Waals surface area (Å²) in [7, 11) is 0. The number of fused-ring (bicyclic) bond motifs is 4. The molecule has 1 heterocycles. The molecular formula is C21H31NO7. The molecule has 1 aliphatic heterocycles. The summed E-state index contributed by atoms with van der Waals surface area (Å²) in [6.07, 6.45) is 4.38. The molecule has 3 rings (SSSR count). The molecule has 3 fully saturated rings. The first kappa shape index (κ1) is 22.1. The quantitative estimate of drug-likeness (QED) is 0.229. The van der Waals surface area contributed by atoms with Crippen molar-refractivity contribution in [2.24, 2.45) is 5.92 Å². The van der Waals surface area contributed by atoms with Gasteiger partial charge in [-0.1, -0.05) is 25.8 Å². The number of epoxide rings is 1. The zero-order valence-electron chi connectivity index (χ0n) is 16.8. The normalized spacial score (nSPS) is 38.0. The van der Waals surface area contributed by atoms with Gasteiger partial charge in [0, 0.05) is 19.3 Å². The molecule has 7 atom stereocenters. The van der Waals surface area contributed by atoms with Gasteiger partial charge in [-0.25, -0.2) is 0 Å². The van der Waals surface area contributed by atoms with Gasteiger partial charge in [-0.2, -0.15) is 0 Å². The minimum atomic E-state index is -1.78. The summed E-state index contributed by atoms with van der Waals surface area (Å²) in [6, 6.07) is -0.861. The zero-order chi connectivity index (χ0) is 21.2. The van der Waals surface area contributed by atoms with Gasteiger partial charge >= 0.3 is 0 Å². The van der Waals surface area contributed by atoms with Crippen molar-refractivity contribution < 1.29 is 34.4 Å². The average Bonchev–Trinajstić information content (AvgIpc) is 3.47. The Bertz CT molecular complexity index is 678. The van der Waals surface area contributed by atoms with Gasteiger partial charge in [-0.15, -0.1) is 0 Å². The number of ether oxygens (including phenoxy) is 1. The fraction of sp³-hybridized carbons (Fsp3) is 0.762. The fourth-order valence-corrected chi connectivity index (χ4v) is 4.51. The molecule has 0 unspecified atom stereocenters. The highest BCUT2D eigenvalue weighted by molar-refractivity contribution is 5.95. The minimum absolute atomic E-state index is 0.150. The van der Waals surface area contributed by atoms with Crippen LogP contribution >= 0.6 is 0 Å². The van der Waals surface area contributed by atoms with Crippen LogP contribution in [0.2, 0.25) is 0 Å². The van der Waals surface area contributed by atoms with Crippen molar-refractivity contribution in [2.75, 3.05) is 0 Å². The van der Waals surface area contributed by atoms with Crippen LogP contribution in [0.25, 0.3) is 0 Å². The van der Waals surface area contributed by atoms with E-state index in [2.05, 4.69) is 12.2 Å². The average molecular weight is 409 g/mol. The van der Waals surface area contributed by atoms with Crippen molar-refractivity contribution in [3.05, 3.63) is 12.2 Å². The van der Waals surface area contributed by atoms with Crippen molar-refractivity contribution in [1.82, 2.24) is 5.32 Å². The third-order valence-corrected chi connectivity index (χ3v) is 6.22. The van der Waals surface area contributed by atoms with E-state index in [0.29, 0.717) is 25.7 Å². The molecule has 4 N–H and O–H groups in total. The highest BCUT2D eigenvalue weighted by Crippen LogP contribution is 2.50. The molecule has 29 heavy (non-hydrogen) atoms. The Hall–Kier alpha value is -1.61. The van der Waals surface area contributed by atoms with Gasteiger partial charge in [-0.05, 0) is 25.3 Å². The number of Topliss-reactive ketones (excluding diaryl/α,β-unsaturated/α-hetero) is 2. The molecule has 8 heteroatoms. The molecule has 0 aromatic rings. The summed E-state index contributed by atoms with van der Waals surface area (Å²) in [5.41, 5.74) is -1.78. The van der Waals surface area contributed by atoms with E-state index < -0.39 is 53.7 Å². The van der Waals surface area contributed by atoms with E-state index in [1.807, 2.05) is 0 Å².